The molecule has 5 nitrogen and oxygen atoms in total. The van der Waals surface area contributed by atoms with E-state index in [0.29, 0.717) is 21.3 Å². The van der Waals surface area contributed by atoms with Crippen LogP contribution >= 0.6 is 11.3 Å². The molecule has 0 saturated carbocycles. The number of furan rings is 1. The van der Waals surface area contributed by atoms with Gasteiger partial charge in [0.2, 0.25) is 0 Å². The normalized spacial score (nSPS) is 10.2. The quantitative estimate of drug-likeness (QED) is 0.849. The molecule has 17 heavy (non-hydrogen) atoms. The summed E-state index contributed by atoms with van der Waals surface area (Å²) < 4.78 is 4.81. The maximum atomic E-state index is 11.7. The summed E-state index contributed by atoms with van der Waals surface area (Å²) in [4.78, 5) is 27.6. The second-order valence-corrected chi connectivity index (χ2v) is 4.45. The van der Waals surface area contributed by atoms with Crippen LogP contribution in [0.2, 0.25) is 0 Å². The molecule has 0 bridgehead atoms. The zero-order valence-electron chi connectivity index (χ0n) is 9.31. The van der Waals surface area contributed by atoms with Crippen LogP contribution in [-0.2, 0) is 0 Å². The zero-order valence-corrected chi connectivity index (χ0v) is 10.1. The van der Waals surface area contributed by atoms with E-state index in [9.17, 15) is 9.59 Å². The Bertz CT molecular complexity index is 557. The average Bonchev–Trinajstić information content (AvgIpc) is 2.86. The van der Waals surface area contributed by atoms with Crippen LogP contribution in [-0.4, -0.2) is 16.7 Å². The number of amides is 1. The topological polar surface area (TPSA) is 72.2 Å². The maximum Gasteiger partial charge on any atom is 0.260 e. The third kappa shape index (κ3) is 2.42. The molecule has 0 aromatic carbocycles. The minimum absolute atomic E-state index is 0.0520. The van der Waals surface area contributed by atoms with Crippen molar-refractivity contribution in [2.45, 2.75) is 13.8 Å². The first-order valence-electron chi connectivity index (χ1n) is 4.90. The first-order chi connectivity index (χ1) is 8.08. The summed E-state index contributed by atoms with van der Waals surface area (Å²) >= 11 is 1.17. The molecule has 2 rings (SSSR count). The smallest absolute Gasteiger partial charge is 0.260 e. The molecule has 0 saturated heterocycles. The van der Waals surface area contributed by atoms with E-state index in [4.69, 9.17) is 4.42 Å². The number of thiazole rings is 1. The third-order valence-corrected chi connectivity index (χ3v) is 3.29. The van der Waals surface area contributed by atoms with Gasteiger partial charge in [0, 0.05) is 6.92 Å². The summed E-state index contributed by atoms with van der Waals surface area (Å²) in [5.41, 5.74) is 1.05. The summed E-state index contributed by atoms with van der Waals surface area (Å²) in [6, 6.07) is 1.56. The Morgan fingerprint density at radius 2 is 2.24 bits per heavy atom. The predicted octanol–water partition coefficient (Wildman–Crippen LogP) is 2.50. The molecule has 2 aromatic heterocycles. The molecular weight excluding hydrogens is 240 g/mol. The lowest BCUT2D eigenvalue weighted by molar-refractivity contribution is 0.101. The third-order valence-electron chi connectivity index (χ3n) is 2.12. The van der Waals surface area contributed by atoms with E-state index < -0.39 is 0 Å². The van der Waals surface area contributed by atoms with E-state index >= 15 is 0 Å². The van der Waals surface area contributed by atoms with Crippen LogP contribution in [0.3, 0.4) is 0 Å². The number of carbonyl (C=O) groups is 2. The number of hydrogen-bond donors (Lipinski definition) is 1. The summed E-state index contributed by atoms with van der Waals surface area (Å²) in [6.07, 6.45) is 2.77. The molecule has 1 N–H and O–H groups in total. The van der Waals surface area contributed by atoms with E-state index in [-0.39, 0.29) is 11.7 Å². The number of aromatic nitrogens is 1. The van der Waals surface area contributed by atoms with Crippen molar-refractivity contribution in [3.05, 3.63) is 34.7 Å². The molecule has 0 unspecified atom stereocenters. The lowest BCUT2D eigenvalue weighted by Gasteiger charge is -1.96. The Labute approximate surface area is 101 Å². The minimum Gasteiger partial charge on any atom is -0.472 e. The minimum atomic E-state index is -0.303. The van der Waals surface area contributed by atoms with Crippen molar-refractivity contribution in [1.82, 2.24) is 4.98 Å². The first-order valence-corrected chi connectivity index (χ1v) is 5.71. The molecule has 0 spiro atoms. The molecule has 2 heterocycles. The molecule has 6 heteroatoms. The highest BCUT2D eigenvalue weighted by Gasteiger charge is 2.14. The summed E-state index contributed by atoms with van der Waals surface area (Å²) in [6.45, 7) is 3.21. The maximum absolute atomic E-state index is 11.7. The van der Waals surface area contributed by atoms with Crippen LogP contribution in [0.1, 0.15) is 32.6 Å². The van der Waals surface area contributed by atoms with Gasteiger partial charge in [-0.05, 0) is 13.0 Å². The number of nitrogens with one attached hydrogen (secondary N) is 1. The average molecular weight is 250 g/mol. The number of hydrogen-bond acceptors (Lipinski definition) is 5. The highest BCUT2D eigenvalue weighted by Crippen LogP contribution is 2.23. The van der Waals surface area contributed by atoms with Crippen LogP contribution in [0.25, 0.3) is 0 Å². The Kier molecular flexibility index (Phi) is 3.06. The van der Waals surface area contributed by atoms with Gasteiger partial charge in [-0.25, -0.2) is 4.98 Å². The highest BCUT2D eigenvalue weighted by atomic mass is 32.1. The second-order valence-electron chi connectivity index (χ2n) is 3.46. The molecule has 1 amide bonds. The fourth-order valence-electron chi connectivity index (χ4n) is 1.34. The lowest BCUT2D eigenvalue weighted by atomic mass is 10.3. The molecule has 0 aliphatic rings. The second kappa shape index (κ2) is 4.50. The van der Waals surface area contributed by atoms with Crippen molar-refractivity contribution in [2.24, 2.45) is 0 Å². The zero-order chi connectivity index (χ0) is 12.4. The van der Waals surface area contributed by atoms with Crippen molar-refractivity contribution in [3.8, 4) is 0 Å². The number of rotatable bonds is 3. The van der Waals surface area contributed by atoms with Gasteiger partial charge >= 0.3 is 0 Å². The molecule has 2 aromatic rings. The van der Waals surface area contributed by atoms with E-state index in [1.54, 1.807) is 13.0 Å². The first kappa shape index (κ1) is 11.5. The molecule has 0 fully saturated rings. The predicted molar refractivity (Wildman–Crippen MR) is 63.5 cm³/mol. The molecule has 88 valence electrons. The standard InChI is InChI=1S/C11H10N2O3S/c1-6-9(7(2)14)17-11(12-6)13-10(15)8-3-4-16-5-8/h3-5H,1-2H3,(H,12,13,15). The molecule has 0 radical (unpaired) electrons. The highest BCUT2D eigenvalue weighted by molar-refractivity contribution is 7.17. The van der Waals surface area contributed by atoms with E-state index in [1.165, 1.54) is 30.8 Å². The van der Waals surface area contributed by atoms with Crippen LogP contribution in [0.4, 0.5) is 5.13 Å². The van der Waals surface area contributed by atoms with Gasteiger partial charge in [0.15, 0.2) is 10.9 Å². The van der Waals surface area contributed by atoms with Gasteiger partial charge in [-0.15, -0.1) is 0 Å². The largest absolute Gasteiger partial charge is 0.472 e. The van der Waals surface area contributed by atoms with Crippen molar-refractivity contribution in [3.63, 3.8) is 0 Å². The van der Waals surface area contributed by atoms with Gasteiger partial charge in [-0.3, -0.25) is 14.9 Å². The Balaban J connectivity index is 2.17. The summed E-state index contributed by atoms with van der Waals surface area (Å²) in [5.74, 6) is -0.355. The van der Waals surface area contributed by atoms with Gasteiger partial charge in [0.05, 0.1) is 22.4 Å². The van der Waals surface area contributed by atoms with Gasteiger partial charge < -0.3 is 4.42 Å². The number of Topliss-reactive ketones (excluding diaryl/α,β-unsaturated/α-hetero) is 1. The number of anilines is 1. The van der Waals surface area contributed by atoms with Crippen molar-refractivity contribution < 1.29 is 14.0 Å². The molecule has 0 atom stereocenters. The van der Waals surface area contributed by atoms with Crippen LogP contribution in [0, 0.1) is 6.92 Å². The van der Waals surface area contributed by atoms with Gasteiger partial charge in [0.1, 0.15) is 6.26 Å². The molecule has 0 aliphatic carbocycles. The van der Waals surface area contributed by atoms with Crippen LogP contribution in [0.5, 0.6) is 0 Å². The van der Waals surface area contributed by atoms with Gasteiger partial charge in [-0.2, -0.15) is 0 Å². The Morgan fingerprint density at radius 3 is 2.76 bits per heavy atom. The fraction of sp³-hybridized carbons (Fsp3) is 0.182. The number of aryl methyl sites for hydroxylation is 1. The van der Waals surface area contributed by atoms with Gasteiger partial charge in [-0.1, -0.05) is 11.3 Å². The van der Waals surface area contributed by atoms with E-state index in [0.717, 1.165) is 0 Å². The number of carbonyl (C=O) groups excluding carboxylic acids is 2. The number of ketones is 1. The number of nitrogens with zero attached hydrogens (tertiary/aromatic N) is 1. The summed E-state index contributed by atoms with van der Waals surface area (Å²) in [7, 11) is 0. The summed E-state index contributed by atoms with van der Waals surface area (Å²) in [5, 5.41) is 3.03. The Morgan fingerprint density at radius 1 is 1.47 bits per heavy atom. The molecule has 0 aliphatic heterocycles. The molecular formula is C11H10N2O3S. The fourth-order valence-corrected chi connectivity index (χ4v) is 2.20. The monoisotopic (exact) mass is 250 g/mol. The SMILES string of the molecule is CC(=O)c1sc(NC(=O)c2ccoc2)nc1C. The van der Waals surface area contributed by atoms with Crippen molar-refractivity contribution in [1.29, 1.82) is 0 Å². The Hall–Kier alpha value is -1.95. The van der Waals surface area contributed by atoms with Gasteiger partial charge in [0.25, 0.3) is 5.91 Å². The van der Waals surface area contributed by atoms with E-state index in [1.807, 2.05) is 0 Å². The van der Waals surface area contributed by atoms with Crippen molar-refractivity contribution >= 4 is 28.2 Å². The van der Waals surface area contributed by atoms with Crippen LogP contribution < -0.4 is 5.32 Å². The van der Waals surface area contributed by atoms with E-state index in [2.05, 4.69) is 10.3 Å². The van der Waals surface area contributed by atoms with Crippen molar-refractivity contribution in [2.75, 3.05) is 5.32 Å². The lowest BCUT2D eigenvalue weighted by Crippen LogP contribution is -2.10. The van der Waals surface area contributed by atoms with Crippen LogP contribution in [0.15, 0.2) is 23.0 Å².